The van der Waals surface area contributed by atoms with E-state index < -0.39 is 0 Å². The summed E-state index contributed by atoms with van der Waals surface area (Å²) in [6.07, 6.45) is 2.98. The molecule has 0 spiro atoms. The largest absolute Gasteiger partial charge is 0.326 e. The highest BCUT2D eigenvalue weighted by atomic mass is 35.5. The second kappa shape index (κ2) is 7.65. The van der Waals surface area contributed by atoms with Crippen molar-refractivity contribution < 1.29 is 0 Å². The zero-order chi connectivity index (χ0) is 19.8. The zero-order valence-electron chi connectivity index (χ0n) is 16.1. The van der Waals surface area contributed by atoms with E-state index in [1.807, 2.05) is 45.6 Å². The third kappa shape index (κ3) is 3.56. The van der Waals surface area contributed by atoms with Crippen LogP contribution in [0.2, 0.25) is 5.02 Å². The number of halogens is 1. The molecule has 0 unspecified atom stereocenters. The third-order valence-electron chi connectivity index (χ3n) is 5.87. The Balaban J connectivity index is 1.19. The number of nitrogens with zero attached hydrogens (tertiary/aromatic N) is 5. The fourth-order valence-corrected chi connectivity index (χ4v) is 4.57. The van der Waals surface area contributed by atoms with E-state index in [1.54, 1.807) is 0 Å². The first-order chi connectivity index (χ1) is 14.2. The van der Waals surface area contributed by atoms with Crippen LogP contribution in [0.4, 0.5) is 0 Å². The van der Waals surface area contributed by atoms with Crippen LogP contribution in [0.25, 0.3) is 22.1 Å². The van der Waals surface area contributed by atoms with E-state index in [1.165, 1.54) is 0 Å². The molecule has 0 radical (unpaired) electrons. The number of para-hydroxylation sites is 1. The fourth-order valence-electron chi connectivity index (χ4n) is 4.39. The van der Waals surface area contributed by atoms with Crippen LogP contribution >= 0.6 is 11.6 Å². The first-order valence-electron chi connectivity index (χ1n) is 10.1. The number of benzene rings is 2. The number of rotatable bonds is 5. The first-order valence-corrected chi connectivity index (χ1v) is 10.5. The van der Waals surface area contributed by atoms with Crippen molar-refractivity contribution in [1.82, 2.24) is 29.4 Å². The lowest BCUT2D eigenvalue weighted by atomic mass is 10.0. The quantitative estimate of drug-likeness (QED) is 0.547. The number of aromatic nitrogens is 5. The van der Waals surface area contributed by atoms with Crippen molar-refractivity contribution >= 4 is 33.7 Å². The number of aryl methyl sites for hydroxylation is 1. The molecule has 150 valence electrons. The van der Waals surface area contributed by atoms with Gasteiger partial charge in [0, 0.05) is 30.7 Å². The normalized spacial score (nSPS) is 16.2. The predicted octanol–water partition coefficient (Wildman–Crippen LogP) is 3.45. The van der Waals surface area contributed by atoms with E-state index in [9.17, 15) is 4.79 Å². The molecule has 1 aliphatic rings. The second-order valence-electron chi connectivity index (χ2n) is 7.69. The summed E-state index contributed by atoms with van der Waals surface area (Å²) in [5, 5.41) is 9.12. The van der Waals surface area contributed by atoms with Crippen LogP contribution in [-0.2, 0) is 6.54 Å². The highest BCUT2D eigenvalue weighted by Gasteiger charge is 2.23. The molecule has 2 aromatic heterocycles. The molecule has 0 saturated carbocycles. The third-order valence-corrected chi connectivity index (χ3v) is 6.10. The fraction of sp³-hybridized carbons (Fsp3) is 0.381. The van der Waals surface area contributed by atoms with E-state index in [0.717, 1.165) is 67.5 Å². The monoisotopic (exact) mass is 410 g/mol. The average molecular weight is 411 g/mol. The number of hydrogen-bond donors (Lipinski definition) is 1. The van der Waals surface area contributed by atoms with Crippen molar-refractivity contribution in [2.75, 3.05) is 19.6 Å². The smallest absolute Gasteiger partial charge is 0.305 e. The maximum absolute atomic E-state index is 12.5. The van der Waals surface area contributed by atoms with Gasteiger partial charge in [0.15, 0.2) is 0 Å². The summed E-state index contributed by atoms with van der Waals surface area (Å²) in [6, 6.07) is 13.9. The minimum Gasteiger partial charge on any atom is -0.305 e. The van der Waals surface area contributed by atoms with Gasteiger partial charge >= 0.3 is 5.69 Å². The summed E-state index contributed by atoms with van der Waals surface area (Å²) in [7, 11) is 0. The number of likely N-dealkylation sites (tertiary alicyclic amines) is 1. The van der Waals surface area contributed by atoms with Crippen LogP contribution in [0, 0.1) is 0 Å². The Kier molecular flexibility index (Phi) is 4.85. The number of imidazole rings is 1. The summed E-state index contributed by atoms with van der Waals surface area (Å²) in [4.78, 5) is 17.9. The highest BCUT2D eigenvalue weighted by Crippen LogP contribution is 2.26. The minimum atomic E-state index is -0.0428. The average Bonchev–Trinajstić information content (AvgIpc) is 3.28. The van der Waals surface area contributed by atoms with Crippen molar-refractivity contribution in [2.24, 2.45) is 0 Å². The second-order valence-corrected chi connectivity index (χ2v) is 8.13. The number of H-pyrrole nitrogens is 1. The van der Waals surface area contributed by atoms with E-state index in [4.69, 9.17) is 11.6 Å². The maximum Gasteiger partial charge on any atom is 0.326 e. The molecule has 1 fully saturated rings. The van der Waals surface area contributed by atoms with Crippen molar-refractivity contribution in [3.8, 4) is 0 Å². The van der Waals surface area contributed by atoms with Crippen LogP contribution < -0.4 is 5.69 Å². The topological polar surface area (TPSA) is 71.7 Å². The molecule has 5 rings (SSSR count). The Morgan fingerprint density at radius 3 is 2.76 bits per heavy atom. The molecule has 2 aromatic carbocycles. The summed E-state index contributed by atoms with van der Waals surface area (Å²) in [5.74, 6) is 0. The molecule has 0 amide bonds. The van der Waals surface area contributed by atoms with E-state index >= 15 is 0 Å². The Morgan fingerprint density at radius 1 is 1.07 bits per heavy atom. The van der Waals surface area contributed by atoms with Crippen LogP contribution in [-0.4, -0.2) is 49.1 Å². The lowest BCUT2D eigenvalue weighted by Gasteiger charge is -2.32. The van der Waals surface area contributed by atoms with Crippen LogP contribution in [0.5, 0.6) is 0 Å². The zero-order valence-corrected chi connectivity index (χ0v) is 16.8. The van der Waals surface area contributed by atoms with Gasteiger partial charge in [0.25, 0.3) is 0 Å². The molecule has 0 bridgehead atoms. The van der Waals surface area contributed by atoms with E-state index in [0.29, 0.717) is 5.02 Å². The van der Waals surface area contributed by atoms with Crippen molar-refractivity contribution in [3.05, 3.63) is 58.0 Å². The summed E-state index contributed by atoms with van der Waals surface area (Å²) in [5.41, 5.74) is 3.74. The molecule has 8 heteroatoms. The van der Waals surface area contributed by atoms with Gasteiger partial charge in [0.05, 0.1) is 16.6 Å². The van der Waals surface area contributed by atoms with E-state index in [-0.39, 0.29) is 11.7 Å². The van der Waals surface area contributed by atoms with Gasteiger partial charge in [-0.2, -0.15) is 0 Å². The SMILES string of the molecule is O=c1[nH]c2cc(Cl)ccc2n1C1CCN(CCCn2nnc3ccccc32)CC1. The van der Waals surface area contributed by atoms with Gasteiger partial charge in [-0.15, -0.1) is 5.10 Å². The molecular weight excluding hydrogens is 388 g/mol. The molecule has 1 aliphatic heterocycles. The Labute approximate surface area is 172 Å². The van der Waals surface area contributed by atoms with Gasteiger partial charge in [-0.3, -0.25) is 4.57 Å². The van der Waals surface area contributed by atoms with Crippen LogP contribution in [0.15, 0.2) is 47.3 Å². The first kappa shape index (κ1) is 18.4. The molecule has 0 atom stereocenters. The Bertz CT molecular complexity index is 1200. The van der Waals surface area contributed by atoms with Crippen LogP contribution in [0.1, 0.15) is 25.3 Å². The Hall–Kier alpha value is -2.64. The van der Waals surface area contributed by atoms with Gasteiger partial charge in [-0.1, -0.05) is 28.9 Å². The van der Waals surface area contributed by atoms with Crippen LogP contribution in [0.3, 0.4) is 0 Å². The Morgan fingerprint density at radius 2 is 1.90 bits per heavy atom. The molecule has 7 nitrogen and oxygen atoms in total. The highest BCUT2D eigenvalue weighted by molar-refractivity contribution is 6.31. The number of piperidine rings is 1. The van der Waals surface area contributed by atoms with Gasteiger partial charge in [0.1, 0.15) is 5.52 Å². The maximum atomic E-state index is 12.5. The molecule has 1 N–H and O–H groups in total. The van der Waals surface area contributed by atoms with Crippen molar-refractivity contribution in [1.29, 1.82) is 0 Å². The van der Waals surface area contributed by atoms with Gasteiger partial charge in [0.2, 0.25) is 0 Å². The number of nitrogens with one attached hydrogen (secondary N) is 1. The molecule has 0 aliphatic carbocycles. The molecule has 1 saturated heterocycles. The molecule has 3 heterocycles. The standard InChI is InChI=1S/C21H23ClN6O/c22-15-6-7-20-18(14-15)23-21(29)28(20)16-8-12-26(13-9-16)10-3-11-27-19-5-2-1-4-17(19)24-25-27/h1-2,4-7,14,16H,3,8-13H2,(H,23,29). The van der Waals surface area contributed by atoms with Gasteiger partial charge in [-0.05, 0) is 56.1 Å². The predicted molar refractivity (Wildman–Crippen MR) is 114 cm³/mol. The van der Waals surface area contributed by atoms with E-state index in [2.05, 4.69) is 26.3 Å². The minimum absolute atomic E-state index is 0.0428. The summed E-state index contributed by atoms with van der Waals surface area (Å²) in [6.45, 7) is 3.88. The molecule has 29 heavy (non-hydrogen) atoms. The molecule has 4 aromatic rings. The van der Waals surface area contributed by atoms with Gasteiger partial charge in [-0.25, -0.2) is 9.48 Å². The lowest BCUT2D eigenvalue weighted by Crippen LogP contribution is -2.37. The van der Waals surface area contributed by atoms with Gasteiger partial charge < -0.3 is 9.88 Å². The van der Waals surface area contributed by atoms with Crippen molar-refractivity contribution in [2.45, 2.75) is 31.8 Å². The molecular formula is C21H23ClN6O. The number of hydrogen-bond acceptors (Lipinski definition) is 4. The number of aromatic amines is 1. The summed E-state index contributed by atoms with van der Waals surface area (Å²) >= 11 is 6.05. The number of fused-ring (bicyclic) bond motifs is 2. The lowest BCUT2D eigenvalue weighted by molar-refractivity contribution is 0.182. The summed E-state index contributed by atoms with van der Waals surface area (Å²) < 4.78 is 3.89. The van der Waals surface area contributed by atoms with Crippen molar-refractivity contribution in [3.63, 3.8) is 0 Å².